The van der Waals surface area contributed by atoms with Crippen LogP contribution in [0, 0.1) is 11.3 Å². The van der Waals surface area contributed by atoms with E-state index in [0.29, 0.717) is 12.5 Å². The maximum atomic E-state index is 12.7. The Labute approximate surface area is 143 Å². The molecule has 0 aromatic rings. The van der Waals surface area contributed by atoms with Crippen LogP contribution in [-0.2, 0) is 9.53 Å². The smallest absolute Gasteiger partial charge is 0.312 e. The molecule has 1 aliphatic rings. The van der Waals surface area contributed by atoms with Crippen LogP contribution in [0.25, 0.3) is 0 Å². The molecule has 0 aliphatic heterocycles. The van der Waals surface area contributed by atoms with E-state index < -0.39 is 0 Å². The van der Waals surface area contributed by atoms with E-state index in [2.05, 4.69) is 32.6 Å². The third kappa shape index (κ3) is 6.45. The zero-order valence-electron chi connectivity index (χ0n) is 15.0. The number of carbonyl (C=O) groups excluding carboxylic acids is 1. The highest BCUT2D eigenvalue weighted by atomic mass is 35.5. The number of esters is 1. The number of nitrogens with zero attached hydrogens (tertiary/aromatic N) is 1. The molecule has 4 heteroatoms. The second-order valence-electron chi connectivity index (χ2n) is 6.72. The van der Waals surface area contributed by atoms with E-state index in [4.69, 9.17) is 4.74 Å². The lowest BCUT2D eigenvalue weighted by Gasteiger charge is -2.37. The SMILES string of the molecule is CCC(C)CC1(C(=O)OCCN(CC)CC)CCCCC1.Cl. The van der Waals surface area contributed by atoms with Gasteiger partial charge >= 0.3 is 5.97 Å². The maximum Gasteiger partial charge on any atom is 0.312 e. The molecule has 0 aromatic heterocycles. The molecular weight excluding hydrogens is 298 g/mol. The van der Waals surface area contributed by atoms with Gasteiger partial charge in [0.2, 0.25) is 0 Å². The Kier molecular flexibility index (Phi) is 11.1. The maximum absolute atomic E-state index is 12.7. The van der Waals surface area contributed by atoms with Crippen molar-refractivity contribution in [3.05, 3.63) is 0 Å². The van der Waals surface area contributed by atoms with Gasteiger partial charge in [-0.05, 0) is 38.3 Å². The summed E-state index contributed by atoms with van der Waals surface area (Å²) >= 11 is 0. The van der Waals surface area contributed by atoms with Crippen molar-refractivity contribution in [3.63, 3.8) is 0 Å². The Morgan fingerprint density at radius 2 is 1.73 bits per heavy atom. The predicted octanol–water partition coefficient (Wildman–Crippen LogP) is 4.68. The quantitative estimate of drug-likeness (QED) is 0.574. The minimum atomic E-state index is -0.184. The fourth-order valence-electron chi connectivity index (χ4n) is 3.49. The van der Waals surface area contributed by atoms with E-state index in [9.17, 15) is 4.79 Å². The zero-order valence-corrected chi connectivity index (χ0v) is 15.8. The molecule has 1 aliphatic carbocycles. The molecule has 1 fully saturated rings. The van der Waals surface area contributed by atoms with Crippen LogP contribution >= 0.6 is 12.4 Å². The van der Waals surface area contributed by atoms with Gasteiger partial charge in [0.15, 0.2) is 0 Å². The summed E-state index contributed by atoms with van der Waals surface area (Å²) in [6, 6.07) is 0. The van der Waals surface area contributed by atoms with Crippen molar-refractivity contribution in [1.82, 2.24) is 4.90 Å². The van der Waals surface area contributed by atoms with Crippen molar-refractivity contribution in [2.45, 2.75) is 72.6 Å². The number of carbonyl (C=O) groups is 1. The Morgan fingerprint density at radius 3 is 2.23 bits per heavy atom. The zero-order chi connectivity index (χ0) is 15.7. The van der Waals surface area contributed by atoms with Gasteiger partial charge in [0.1, 0.15) is 6.61 Å². The van der Waals surface area contributed by atoms with Gasteiger partial charge in [-0.1, -0.05) is 53.4 Å². The molecule has 0 bridgehead atoms. The third-order valence-electron chi connectivity index (χ3n) is 5.21. The lowest BCUT2D eigenvalue weighted by Crippen LogP contribution is -2.38. The fraction of sp³-hybridized carbons (Fsp3) is 0.944. The molecule has 22 heavy (non-hydrogen) atoms. The van der Waals surface area contributed by atoms with Crippen molar-refractivity contribution >= 4 is 18.4 Å². The summed E-state index contributed by atoms with van der Waals surface area (Å²) in [6.45, 7) is 12.2. The number of hydrogen-bond acceptors (Lipinski definition) is 3. The Hall–Kier alpha value is -0.280. The van der Waals surface area contributed by atoms with Gasteiger partial charge in [0.25, 0.3) is 0 Å². The minimum absolute atomic E-state index is 0. The molecule has 0 saturated heterocycles. The van der Waals surface area contributed by atoms with E-state index in [-0.39, 0.29) is 23.8 Å². The summed E-state index contributed by atoms with van der Waals surface area (Å²) in [6.07, 6.45) is 7.85. The molecule has 0 spiro atoms. The van der Waals surface area contributed by atoms with Gasteiger partial charge in [-0.15, -0.1) is 12.4 Å². The van der Waals surface area contributed by atoms with E-state index >= 15 is 0 Å². The average Bonchev–Trinajstić information content (AvgIpc) is 2.52. The van der Waals surface area contributed by atoms with Crippen LogP contribution in [0.2, 0.25) is 0 Å². The van der Waals surface area contributed by atoms with E-state index in [1.807, 2.05) is 0 Å². The summed E-state index contributed by atoms with van der Waals surface area (Å²) in [5, 5.41) is 0. The number of rotatable bonds is 9. The molecule has 0 N–H and O–H groups in total. The first-order valence-electron chi connectivity index (χ1n) is 8.97. The Bertz CT molecular complexity index is 299. The molecule has 0 amide bonds. The number of halogens is 1. The number of hydrogen-bond donors (Lipinski definition) is 0. The molecule has 0 aromatic carbocycles. The first-order valence-corrected chi connectivity index (χ1v) is 8.97. The van der Waals surface area contributed by atoms with Crippen LogP contribution in [0.5, 0.6) is 0 Å². The number of likely N-dealkylation sites (N-methyl/N-ethyl adjacent to an activating group) is 1. The summed E-state index contributed by atoms with van der Waals surface area (Å²) in [5.41, 5.74) is -0.184. The van der Waals surface area contributed by atoms with Crippen LogP contribution in [0.1, 0.15) is 72.6 Å². The summed E-state index contributed by atoms with van der Waals surface area (Å²) < 4.78 is 5.68. The molecule has 3 nitrogen and oxygen atoms in total. The molecule has 132 valence electrons. The Balaban J connectivity index is 0.00000441. The molecule has 1 rings (SSSR count). The van der Waals surface area contributed by atoms with E-state index in [0.717, 1.165) is 45.3 Å². The standard InChI is InChI=1S/C18H35NO2.ClH/c1-5-16(4)15-18(11-9-8-10-12-18)17(20)21-14-13-19(6-2)7-3;/h16H,5-15H2,1-4H3;1H. The average molecular weight is 334 g/mol. The third-order valence-corrected chi connectivity index (χ3v) is 5.21. The second kappa shape index (κ2) is 11.3. The predicted molar refractivity (Wildman–Crippen MR) is 95.6 cm³/mol. The molecular formula is C18H36ClNO2. The molecule has 0 heterocycles. The lowest BCUT2D eigenvalue weighted by molar-refractivity contribution is -0.160. The minimum Gasteiger partial charge on any atom is -0.464 e. The van der Waals surface area contributed by atoms with Gasteiger partial charge in [0.05, 0.1) is 5.41 Å². The van der Waals surface area contributed by atoms with Gasteiger partial charge in [-0.3, -0.25) is 4.79 Å². The van der Waals surface area contributed by atoms with Crippen LogP contribution in [0.3, 0.4) is 0 Å². The Morgan fingerprint density at radius 1 is 1.14 bits per heavy atom. The van der Waals surface area contributed by atoms with Crippen molar-refractivity contribution in [1.29, 1.82) is 0 Å². The van der Waals surface area contributed by atoms with Crippen molar-refractivity contribution in [3.8, 4) is 0 Å². The van der Waals surface area contributed by atoms with Gasteiger partial charge in [-0.2, -0.15) is 0 Å². The molecule has 1 saturated carbocycles. The van der Waals surface area contributed by atoms with Gasteiger partial charge in [0, 0.05) is 6.54 Å². The first-order chi connectivity index (χ1) is 10.1. The molecule has 1 atom stereocenters. The lowest BCUT2D eigenvalue weighted by atomic mass is 9.69. The topological polar surface area (TPSA) is 29.5 Å². The monoisotopic (exact) mass is 333 g/mol. The fourth-order valence-corrected chi connectivity index (χ4v) is 3.49. The van der Waals surface area contributed by atoms with Crippen molar-refractivity contribution < 1.29 is 9.53 Å². The largest absolute Gasteiger partial charge is 0.464 e. The molecule has 1 unspecified atom stereocenters. The van der Waals surface area contributed by atoms with Crippen molar-refractivity contribution in [2.75, 3.05) is 26.2 Å². The summed E-state index contributed by atoms with van der Waals surface area (Å²) in [4.78, 5) is 15.0. The second-order valence-corrected chi connectivity index (χ2v) is 6.72. The van der Waals surface area contributed by atoms with Gasteiger partial charge < -0.3 is 9.64 Å². The highest BCUT2D eigenvalue weighted by molar-refractivity contribution is 5.85. The van der Waals surface area contributed by atoms with Crippen LogP contribution in [0.15, 0.2) is 0 Å². The molecule has 0 radical (unpaired) electrons. The highest BCUT2D eigenvalue weighted by Gasteiger charge is 2.41. The van der Waals surface area contributed by atoms with Crippen LogP contribution in [-0.4, -0.2) is 37.1 Å². The number of ether oxygens (including phenoxy) is 1. The van der Waals surface area contributed by atoms with E-state index in [1.165, 1.54) is 19.3 Å². The van der Waals surface area contributed by atoms with Crippen LogP contribution in [0.4, 0.5) is 0 Å². The van der Waals surface area contributed by atoms with Crippen LogP contribution < -0.4 is 0 Å². The van der Waals surface area contributed by atoms with Gasteiger partial charge in [-0.25, -0.2) is 0 Å². The highest BCUT2D eigenvalue weighted by Crippen LogP contribution is 2.43. The van der Waals surface area contributed by atoms with E-state index in [1.54, 1.807) is 0 Å². The first kappa shape index (κ1) is 21.7. The summed E-state index contributed by atoms with van der Waals surface area (Å²) in [5.74, 6) is 0.688. The normalized spacial score (nSPS) is 18.6. The van der Waals surface area contributed by atoms with Crippen molar-refractivity contribution in [2.24, 2.45) is 11.3 Å². The summed E-state index contributed by atoms with van der Waals surface area (Å²) in [7, 11) is 0.